The van der Waals surface area contributed by atoms with Crippen LogP contribution in [0.3, 0.4) is 0 Å². The Labute approximate surface area is 149 Å². The summed E-state index contributed by atoms with van der Waals surface area (Å²) in [6.45, 7) is 11.5. The van der Waals surface area contributed by atoms with E-state index in [2.05, 4.69) is 32.6 Å². The number of carbonyl (C=O) groups excluding carboxylic acids is 1. The number of nitrogens with zero attached hydrogens (tertiary/aromatic N) is 2. The maximum Gasteiger partial charge on any atom is 0.266 e. The molecule has 2 saturated heterocycles. The molecule has 1 amide bonds. The van der Waals surface area contributed by atoms with Crippen molar-refractivity contribution in [2.24, 2.45) is 11.8 Å². The average molecular weight is 359 g/mol. The molecule has 0 N–H and O–H groups in total. The average Bonchev–Trinajstić information content (AvgIpc) is 3.01. The molecule has 3 atom stereocenters. The van der Waals surface area contributed by atoms with Crippen LogP contribution in [0.5, 0.6) is 0 Å². The van der Waals surface area contributed by atoms with Crippen molar-refractivity contribution in [1.82, 2.24) is 9.80 Å². The fourth-order valence-corrected chi connectivity index (χ4v) is 3.82. The summed E-state index contributed by atoms with van der Waals surface area (Å²) in [5.74, 6) is 0.706. The van der Waals surface area contributed by atoms with E-state index in [-0.39, 0.29) is 24.0 Å². The molecule has 0 aromatic heterocycles. The van der Waals surface area contributed by atoms with Crippen LogP contribution in [0.2, 0.25) is 0 Å². The molecule has 0 bridgehead atoms. The van der Waals surface area contributed by atoms with Gasteiger partial charge in [-0.1, -0.05) is 27.7 Å². The summed E-state index contributed by atoms with van der Waals surface area (Å²) < 4.78 is 11.0. The first-order chi connectivity index (χ1) is 10.7. The lowest BCUT2D eigenvalue weighted by molar-refractivity contribution is -0.129. The largest absolute Gasteiger partial charge is 0.469 e. The van der Waals surface area contributed by atoms with E-state index in [4.69, 9.17) is 33.9 Å². The first kappa shape index (κ1) is 18.4. The number of rotatable bonds is 5. The Morgan fingerprint density at radius 2 is 1.57 bits per heavy atom. The molecule has 2 aliphatic rings. The molecule has 130 valence electrons. The molecule has 7 heteroatoms. The van der Waals surface area contributed by atoms with Gasteiger partial charge in [-0.15, -0.1) is 0 Å². The molecule has 2 fully saturated rings. The molecule has 23 heavy (non-hydrogen) atoms. The Hall–Kier alpha value is -0.950. The van der Waals surface area contributed by atoms with E-state index in [0.29, 0.717) is 41.8 Å². The number of amides is 1. The van der Waals surface area contributed by atoms with E-state index in [1.165, 1.54) is 0 Å². The molecule has 2 aliphatic heterocycles. The Morgan fingerprint density at radius 3 is 2.13 bits per heavy atom. The normalized spacial score (nSPS) is 26.0. The SMILES string of the molecule is CC(C)[C@H]1COC(=S)N1C(=O)C[C@H](C)N1C(=S)OC[C@@H]1C(C)C. The zero-order valence-electron chi connectivity index (χ0n) is 14.4. The summed E-state index contributed by atoms with van der Waals surface area (Å²) in [4.78, 5) is 16.5. The highest BCUT2D eigenvalue weighted by atomic mass is 32.1. The number of ether oxygens (including phenoxy) is 2. The van der Waals surface area contributed by atoms with Gasteiger partial charge in [-0.3, -0.25) is 9.69 Å². The highest BCUT2D eigenvalue weighted by molar-refractivity contribution is 7.80. The third kappa shape index (κ3) is 3.76. The maximum atomic E-state index is 12.8. The fraction of sp³-hybridized carbons (Fsp3) is 0.812. The van der Waals surface area contributed by atoms with Gasteiger partial charge in [0.1, 0.15) is 13.2 Å². The second kappa shape index (κ2) is 7.30. The topological polar surface area (TPSA) is 42.0 Å². The molecule has 0 saturated carbocycles. The molecule has 5 nitrogen and oxygen atoms in total. The van der Waals surface area contributed by atoms with Crippen molar-refractivity contribution in [1.29, 1.82) is 0 Å². The summed E-state index contributed by atoms with van der Waals surface area (Å²) in [5.41, 5.74) is 0. The van der Waals surface area contributed by atoms with Crippen LogP contribution in [-0.4, -0.2) is 57.4 Å². The lowest BCUT2D eigenvalue weighted by Crippen LogP contribution is -2.48. The predicted molar refractivity (Wildman–Crippen MR) is 97.1 cm³/mol. The van der Waals surface area contributed by atoms with Gasteiger partial charge in [0.15, 0.2) is 0 Å². The van der Waals surface area contributed by atoms with E-state index in [1.807, 2.05) is 6.92 Å². The van der Waals surface area contributed by atoms with Crippen LogP contribution in [0.15, 0.2) is 0 Å². The first-order valence-corrected chi connectivity index (χ1v) is 8.99. The van der Waals surface area contributed by atoms with Crippen LogP contribution >= 0.6 is 24.4 Å². The molecular weight excluding hydrogens is 332 g/mol. The summed E-state index contributed by atoms with van der Waals surface area (Å²) >= 11 is 10.5. The minimum atomic E-state index is -0.0267. The number of thiocarbonyl (C=S) groups is 2. The summed E-state index contributed by atoms with van der Waals surface area (Å²) in [6, 6.07) is 0.207. The molecule has 2 rings (SSSR count). The van der Waals surface area contributed by atoms with Gasteiger partial charge in [0, 0.05) is 12.5 Å². The molecule has 0 radical (unpaired) electrons. The zero-order valence-corrected chi connectivity index (χ0v) is 16.1. The van der Waals surface area contributed by atoms with Gasteiger partial charge in [-0.05, 0) is 43.2 Å². The lowest BCUT2D eigenvalue weighted by Gasteiger charge is -2.33. The van der Waals surface area contributed by atoms with Crippen LogP contribution in [0.25, 0.3) is 0 Å². The second-order valence-corrected chi connectivity index (χ2v) is 7.70. The van der Waals surface area contributed by atoms with E-state index in [0.717, 1.165) is 0 Å². The highest BCUT2D eigenvalue weighted by Gasteiger charge is 2.40. The van der Waals surface area contributed by atoms with Gasteiger partial charge in [0.05, 0.1) is 12.1 Å². The Bertz CT molecular complexity index is 496. The van der Waals surface area contributed by atoms with Crippen molar-refractivity contribution in [3.8, 4) is 0 Å². The molecule has 0 aromatic rings. The number of hydrogen-bond acceptors (Lipinski definition) is 5. The van der Waals surface area contributed by atoms with Gasteiger partial charge in [0.2, 0.25) is 5.91 Å². The van der Waals surface area contributed by atoms with E-state index < -0.39 is 0 Å². The van der Waals surface area contributed by atoms with Crippen LogP contribution in [0.4, 0.5) is 0 Å². The van der Waals surface area contributed by atoms with Crippen LogP contribution in [0, 0.1) is 11.8 Å². The number of hydrogen-bond donors (Lipinski definition) is 0. The van der Waals surface area contributed by atoms with E-state index in [9.17, 15) is 4.79 Å². The van der Waals surface area contributed by atoms with Crippen molar-refractivity contribution >= 4 is 40.7 Å². The van der Waals surface area contributed by atoms with Gasteiger partial charge < -0.3 is 14.4 Å². The van der Waals surface area contributed by atoms with Gasteiger partial charge >= 0.3 is 0 Å². The Kier molecular flexibility index (Phi) is 5.84. The minimum Gasteiger partial charge on any atom is -0.469 e. The molecule has 0 spiro atoms. The van der Waals surface area contributed by atoms with Crippen molar-refractivity contribution in [3.63, 3.8) is 0 Å². The molecule has 2 heterocycles. The number of carbonyl (C=O) groups is 1. The monoisotopic (exact) mass is 358 g/mol. The summed E-state index contributed by atoms with van der Waals surface area (Å²) in [6.07, 6.45) is 0.347. The molecule has 0 aromatic carbocycles. The quantitative estimate of drug-likeness (QED) is 0.704. The van der Waals surface area contributed by atoms with Crippen molar-refractivity contribution in [3.05, 3.63) is 0 Å². The third-order valence-electron chi connectivity index (χ3n) is 4.60. The molecule has 0 unspecified atom stereocenters. The van der Waals surface area contributed by atoms with Gasteiger partial charge in [-0.25, -0.2) is 0 Å². The van der Waals surface area contributed by atoms with Crippen LogP contribution < -0.4 is 0 Å². The third-order valence-corrected chi connectivity index (χ3v) is 5.25. The zero-order chi connectivity index (χ0) is 17.3. The Balaban J connectivity index is 2.07. The Morgan fingerprint density at radius 1 is 1.04 bits per heavy atom. The van der Waals surface area contributed by atoms with E-state index in [1.54, 1.807) is 4.90 Å². The predicted octanol–water partition coefficient (Wildman–Crippen LogP) is 2.58. The lowest BCUT2D eigenvalue weighted by atomic mass is 10.0. The van der Waals surface area contributed by atoms with Gasteiger partial charge in [0.25, 0.3) is 10.3 Å². The smallest absolute Gasteiger partial charge is 0.266 e. The highest BCUT2D eigenvalue weighted by Crippen LogP contribution is 2.26. The molecule has 0 aliphatic carbocycles. The van der Waals surface area contributed by atoms with Crippen molar-refractivity contribution in [2.75, 3.05) is 13.2 Å². The summed E-state index contributed by atoms with van der Waals surface area (Å²) in [7, 11) is 0. The maximum absolute atomic E-state index is 12.8. The fourth-order valence-electron chi connectivity index (χ4n) is 3.13. The van der Waals surface area contributed by atoms with Crippen molar-refractivity contribution in [2.45, 2.75) is 59.2 Å². The summed E-state index contributed by atoms with van der Waals surface area (Å²) in [5, 5.41) is 0.784. The standard InChI is InChI=1S/C16H26N2O3S2/c1-9(2)12-7-20-15(22)17(12)11(5)6-14(19)18-13(10(3)4)8-21-16(18)23/h9-13H,6-8H2,1-5H3/t11-,12+,13+/m0/s1. The minimum absolute atomic E-state index is 0.00379. The van der Waals surface area contributed by atoms with E-state index >= 15 is 0 Å². The van der Waals surface area contributed by atoms with Crippen LogP contribution in [-0.2, 0) is 14.3 Å². The van der Waals surface area contributed by atoms with Crippen molar-refractivity contribution < 1.29 is 14.3 Å². The first-order valence-electron chi connectivity index (χ1n) is 8.18. The van der Waals surface area contributed by atoms with Gasteiger partial charge in [-0.2, -0.15) is 0 Å². The molecular formula is C16H26N2O3S2. The van der Waals surface area contributed by atoms with Crippen LogP contribution in [0.1, 0.15) is 41.0 Å². The second-order valence-electron chi connectivity index (χ2n) is 7.00.